The molecule has 0 saturated heterocycles. The summed E-state index contributed by atoms with van der Waals surface area (Å²) in [5.74, 6) is 0.0793. The Morgan fingerprint density at radius 3 is 2.81 bits per heavy atom. The summed E-state index contributed by atoms with van der Waals surface area (Å²) in [4.78, 5) is 23.1. The van der Waals surface area contributed by atoms with Crippen molar-refractivity contribution in [3.63, 3.8) is 0 Å². The van der Waals surface area contributed by atoms with Crippen LogP contribution in [0.1, 0.15) is 45.6 Å². The summed E-state index contributed by atoms with van der Waals surface area (Å²) in [7, 11) is 0. The maximum Gasteiger partial charge on any atom is 0.407 e. The van der Waals surface area contributed by atoms with Crippen LogP contribution in [0, 0.1) is 5.92 Å². The van der Waals surface area contributed by atoms with Gasteiger partial charge in [-0.05, 0) is 39.7 Å². The molecular weight excluding hydrogens is 338 g/mol. The lowest BCUT2D eigenvalue weighted by Gasteiger charge is -2.19. The van der Waals surface area contributed by atoms with Gasteiger partial charge in [-0.15, -0.1) is 0 Å². The molecule has 1 aliphatic carbocycles. The number of carbonyl (C=O) groups excluding carboxylic acids is 2. The van der Waals surface area contributed by atoms with E-state index in [2.05, 4.69) is 10.4 Å². The molecule has 1 fully saturated rings. The number of hydrogen-bond acceptors (Lipinski definition) is 6. The van der Waals surface area contributed by atoms with Crippen LogP contribution in [0.5, 0.6) is 0 Å². The predicted octanol–water partition coefficient (Wildman–Crippen LogP) is 2.09. The number of rotatable bonds is 9. The fraction of sp³-hybridized carbons (Fsp3) is 0.722. The largest absolute Gasteiger partial charge is 0.466 e. The molecule has 1 amide bonds. The van der Waals surface area contributed by atoms with Crippen molar-refractivity contribution in [1.29, 1.82) is 0 Å². The minimum Gasteiger partial charge on any atom is -0.466 e. The molecule has 1 aromatic rings. The van der Waals surface area contributed by atoms with Crippen LogP contribution in [-0.4, -0.2) is 53.8 Å². The zero-order valence-corrected chi connectivity index (χ0v) is 16.0. The molecule has 1 N–H and O–H groups in total. The molecule has 0 radical (unpaired) electrons. The average molecular weight is 367 g/mol. The number of ether oxygens (including phenoxy) is 3. The van der Waals surface area contributed by atoms with Gasteiger partial charge in [-0.25, -0.2) is 4.79 Å². The fourth-order valence-electron chi connectivity index (χ4n) is 2.57. The van der Waals surface area contributed by atoms with E-state index in [4.69, 9.17) is 14.2 Å². The molecule has 1 heterocycles. The first-order chi connectivity index (χ1) is 12.3. The Labute approximate surface area is 154 Å². The molecule has 146 valence electrons. The number of carbonyl (C=O) groups is 2. The Bertz CT molecular complexity index is 608. The lowest BCUT2D eigenvalue weighted by Crippen LogP contribution is -2.34. The number of alkyl carbamates (subject to hydrolysis) is 1. The summed E-state index contributed by atoms with van der Waals surface area (Å²) in [5, 5.41) is 6.94. The maximum absolute atomic E-state index is 11.7. The van der Waals surface area contributed by atoms with Crippen LogP contribution in [0.4, 0.5) is 4.79 Å². The summed E-state index contributed by atoms with van der Waals surface area (Å²) in [6.07, 6.45) is 4.13. The molecule has 0 bridgehead atoms. The minimum atomic E-state index is -0.503. The van der Waals surface area contributed by atoms with Crippen LogP contribution in [0.25, 0.3) is 0 Å². The van der Waals surface area contributed by atoms with Crippen molar-refractivity contribution in [3.05, 3.63) is 18.0 Å². The molecule has 0 spiro atoms. The van der Waals surface area contributed by atoms with Crippen LogP contribution in [0.2, 0.25) is 0 Å². The third kappa shape index (κ3) is 6.67. The molecule has 0 aliphatic heterocycles. The quantitative estimate of drug-likeness (QED) is 0.531. The number of aromatic nitrogens is 2. The molecule has 2 unspecified atom stereocenters. The Morgan fingerprint density at radius 1 is 1.35 bits per heavy atom. The van der Waals surface area contributed by atoms with E-state index in [1.54, 1.807) is 10.9 Å². The molecule has 8 nitrogen and oxygen atoms in total. The predicted molar refractivity (Wildman–Crippen MR) is 94.8 cm³/mol. The summed E-state index contributed by atoms with van der Waals surface area (Å²) >= 11 is 0. The van der Waals surface area contributed by atoms with Gasteiger partial charge in [0.05, 0.1) is 38.5 Å². The Kier molecular flexibility index (Phi) is 7.02. The molecule has 1 saturated carbocycles. The van der Waals surface area contributed by atoms with Gasteiger partial charge in [0.1, 0.15) is 5.60 Å². The highest BCUT2D eigenvalue weighted by atomic mass is 16.6. The van der Waals surface area contributed by atoms with Crippen molar-refractivity contribution in [2.45, 2.75) is 52.2 Å². The van der Waals surface area contributed by atoms with Crippen molar-refractivity contribution in [2.75, 3.05) is 26.4 Å². The fourth-order valence-corrected chi connectivity index (χ4v) is 2.57. The second-order valence-electron chi connectivity index (χ2n) is 7.28. The zero-order valence-electron chi connectivity index (χ0n) is 16.0. The van der Waals surface area contributed by atoms with E-state index in [-0.39, 0.29) is 17.8 Å². The van der Waals surface area contributed by atoms with Crippen molar-refractivity contribution < 1.29 is 23.8 Å². The van der Waals surface area contributed by atoms with Gasteiger partial charge in [-0.2, -0.15) is 5.10 Å². The molecule has 8 heteroatoms. The molecular formula is C18H29N3O5. The van der Waals surface area contributed by atoms with E-state index in [1.165, 1.54) is 0 Å². The van der Waals surface area contributed by atoms with Gasteiger partial charge in [0, 0.05) is 18.7 Å². The number of hydrogen-bond donors (Lipinski definition) is 1. The Hall–Kier alpha value is -2.09. The molecule has 2 atom stereocenters. The molecule has 2 rings (SSSR count). The normalized spacial score (nSPS) is 19.1. The third-order valence-corrected chi connectivity index (χ3v) is 3.84. The van der Waals surface area contributed by atoms with E-state index in [9.17, 15) is 9.59 Å². The van der Waals surface area contributed by atoms with Gasteiger partial charge in [0.15, 0.2) is 0 Å². The van der Waals surface area contributed by atoms with Crippen molar-refractivity contribution in [1.82, 2.24) is 15.1 Å². The van der Waals surface area contributed by atoms with E-state index in [1.807, 2.05) is 33.9 Å². The molecule has 26 heavy (non-hydrogen) atoms. The van der Waals surface area contributed by atoms with E-state index >= 15 is 0 Å². The Morgan fingerprint density at radius 2 is 2.12 bits per heavy atom. The number of nitrogens with one attached hydrogen (secondary N) is 1. The van der Waals surface area contributed by atoms with Crippen LogP contribution < -0.4 is 5.32 Å². The van der Waals surface area contributed by atoms with Crippen LogP contribution in [0.15, 0.2) is 12.4 Å². The summed E-state index contributed by atoms with van der Waals surface area (Å²) in [5.41, 5.74) is 0.561. The van der Waals surface area contributed by atoms with Crippen molar-refractivity contribution in [2.24, 2.45) is 5.92 Å². The standard InChI is InChI=1S/C18H29N3O5/c1-5-25-16(22)15-10-14(15)13-11-20-21(12-13)7-9-24-8-6-19-17(23)26-18(2,3)4/h11-12,14-15H,5-10H2,1-4H3,(H,19,23). The van der Waals surface area contributed by atoms with Gasteiger partial charge >= 0.3 is 12.1 Å². The van der Waals surface area contributed by atoms with Gasteiger partial charge in [0.2, 0.25) is 0 Å². The van der Waals surface area contributed by atoms with E-state index in [0.717, 1.165) is 12.0 Å². The molecule has 1 aliphatic rings. The maximum atomic E-state index is 11.7. The summed E-state index contributed by atoms with van der Waals surface area (Å²) in [6, 6.07) is 0. The monoisotopic (exact) mass is 367 g/mol. The van der Waals surface area contributed by atoms with E-state index < -0.39 is 11.7 Å². The first-order valence-corrected chi connectivity index (χ1v) is 9.03. The summed E-state index contributed by atoms with van der Waals surface area (Å²) < 4.78 is 17.5. The highest BCUT2D eigenvalue weighted by Crippen LogP contribution is 2.47. The molecule has 1 aromatic heterocycles. The number of amides is 1. The SMILES string of the molecule is CCOC(=O)C1CC1c1cnn(CCOCCNC(=O)OC(C)(C)C)c1. The average Bonchev–Trinajstić information content (AvgIpc) is 3.21. The smallest absolute Gasteiger partial charge is 0.407 e. The second-order valence-corrected chi connectivity index (χ2v) is 7.28. The lowest BCUT2D eigenvalue weighted by atomic mass is 10.2. The topological polar surface area (TPSA) is 91.7 Å². The van der Waals surface area contributed by atoms with Crippen LogP contribution in [0.3, 0.4) is 0 Å². The highest BCUT2D eigenvalue weighted by molar-refractivity contribution is 5.77. The number of esters is 1. The van der Waals surface area contributed by atoms with Crippen LogP contribution >= 0.6 is 0 Å². The Balaban J connectivity index is 1.58. The van der Waals surface area contributed by atoms with Gasteiger partial charge in [0.25, 0.3) is 0 Å². The first-order valence-electron chi connectivity index (χ1n) is 9.03. The lowest BCUT2D eigenvalue weighted by molar-refractivity contribution is -0.144. The third-order valence-electron chi connectivity index (χ3n) is 3.84. The minimum absolute atomic E-state index is 0.0252. The van der Waals surface area contributed by atoms with Crippen molar-refractivity contribution >= 4 is 12.1 Å². The highest BCUT2D eigenvalue weighted by Gasteiger charge is 2.45. The van der Waals surface area contributed by atoms with Gasteiger partial charge in [-0.3, -0.25) is 9.48 Å². The van der Waals surface area contributed by atoms with Gasteiger partial charge < -0.3 is 19.5 Å². The second kappa shape index (κ2) is 9.02. The summed E-state index contributed by atoms with van der Waals surface area (Å²) in [6.45, 7) is 9.58. The molecule has 0 aromatic carbocycles. The van der Waals surface area contributed by atoms with Crippen LogP contribution in [-0.2, 0) is 25.5 Å². The van der Waals surface area contributed by atoms with Crippen molar-refractivity contribution in [3.8, 4) is 0 Å². The first kappa shape index (κ1) is 20.2. The zero-order chi connectivity index (χ0) is 19.2. The van der Waals surface area contributed by atoms with E-state index in [0.29, 0.717) is 32.9 Å². The van der Waals surface area contributed by atoms with Gasteiger partial charge in [-0.1, -0.05) is 0 Å². The number of nitrogens with zero attached hydrogens (tertiary/aromatic N) is 2.